The molecule has 0 aliphatic carbocycles. The molecule has 1 aromatic heterocycles. The van der Waals surface area contributed by atoms with Crippen molar-refractivity contribution in [2.75, 3.05) is 11.5 Å². The molecule has 0 saturated carbocycles. The van der Waals surface area contributed by atoms with Gasteiger partial charge in [0.05, 0.1) is 23.1 Å². The number of amides is 1. The Balaban J connectivity index is 1.77. The molecule has 1 amide bonds. The van der Waals surface area contributed by atoms with Crippen LogP contribution in [0.4, 0.5) is 5.69 Å². The molecule has 7 heteroatoms. The average molecular weight is 433 g/mol. The first-order valence-electron chi connectivity index (χ1n) is 9.80. The number of hydrogen-bond donors (Lipinski definition) is 0. The molecular weight excluding hydrogens is 414 g/mol. The smallest absolute Gasteiger partial charge is 0.338 e. The van der Waals surface area contributed by atoms with Crippen LogP contribution in [0.2, 0.25) is 0 Å². The molecule has 1 saturated heterocycles. The molecular formula is C24H19NO5S. The lowest BCUT2D eigenvalue weighted by molar-refractivity contribution is -0.135. The molecule has 156 valence electrons. The maximum atomic E-state index is 13.2. The zero-order chi connectivity index (χ0) is 22.0. The number of carbonyl (C=O) groups excluding carboxylic acids is 4. The summed E-state index contributed by atoms with van der Waals surface area (Å²) < 4.78 is 4.99. The Labute approximate surface area is 183 Å². The van der Waals surface area contributed by atoms with E-state index in [9.17, 15) is 19.2 Å². The highest BCUT2D eigenvalue weighted by atomic mass is 32.1. The summed E-state index contributed by atoms with van der Waals surface area (Å²) in [5.74, 6) is -3.45. The fourth-order valence-electron chi connectivity index (χ4n) is 3.75. The van der Waals surface area contributed by atoms with Crippen molar-refractivity contribution in [3.63, 3.8) is 0 Å². The van der Waals surface area contributed by atoms with Gasteiger partial charge in [0, 0.05) is 5.69 Å². The van der Waals surface area contributed by atoms with Crippen LogP contribution in [0, 0.1) is 5.92 Å². The summed E-state index contributed by atoms with van der Waals surface area (Å²) in [6.07, 6.45) is 0. The van der Waals surface area contributed by atoms with Crippen LogP contribution in [0.3, 0.4) is 0 Å². The molecule has 0 N–H and O–H groups in total. The molecule has 1 aliphatic heterocycles. The number of ketones is 2. The lowest BCUT2D eigenvalue weighted by atomic mass is 9.88. The summed E-state index contributed by atoms with van der Waals surface area (Å²) in [5, 5.41) is 1.76. The maximum Gasteiger partial charge on any atom is 0.338 e. The molecule has 0 bridgehead atoms. The first-order valence-corrected chi connectivity index (χ1v) is 10.7. The second kappa shape index (κ2) is 8.65. The SMILES string of the molecule is CCOC(=O)c1ccc(N2C(=O)C(=O)C(C(=O)c3cccs3)C2c2ccccc2)cc1. The molecule has 31 heavy (non-hydrogen) atoms. The summed E-state index contributed by atoms with van der Waals surface area (Å²) in [7, 11) is 0. The van der Waals surface area contributed by atoms with Gasteiger partial charge in [0.1, 0.15) is 5.92 Å². The molecule has 6 nitrogen and oxygen atoms in total. The van der Waals surface area contributed by atoms with Gasteiger partial charge in [-0.2, -0.15) is 0 Å². The van der Waals surface area contributed by atoms with Crippen molar-refractivity contribution in [3.05, 3.63) is 88.1 Å². The van der Waals surface area contributed by atoms with E-state index in [2.05, 4.69) is 0 Å². The topological polar surface area (TPSA) is 80.8 Å². The van der Waals surface area contributed by atoms with Crippen LogP contribution in [-0.4, -0.2) is 30.0 Å². The number of rotatable bonds is 6. The molecule has 2 unspecified atom stereocenters. The number of carbonyl (C=O) groups is 4. The van der Waals surface area contributed by atoms with Gasteiger partial charge < -0.3 is 4.74 Å². The van der Waals surface area contributed by atoms with Gasteiger partial charge >= 0.3 is 5.97 Å². The van der Waals surface area contributed by atoms with E-state index in [0.29, 0.717) is 21.7 Å². The third-order valence-electron chi connectivity index (χ3n) is 5.15. The Kier molecular flexibility index (Phi) is 5.77. The average Bonchev–Trinajstić information content (AvgIpc) is 3.42. The van der Waals surface area contributed by atoms with E-state index in [-0.39, 0.29) is 12.4 Å². The molecule has 2 heterocycles. The number of benzene rings is 2. The molecule has 2 aromatic carbocycles. The van der Waals surface area contributed by atoms with Crippen molar-refractivity contribution in [1.82, 2.24) is 0 Å². The summed E-state index contributed by atoms with van der Waals surface area (Å²) >= 11 is 1.24. The number of nitrogens with zero attached hydrogens (tertiary/aromatic N) is 1. The normalized spacial score (nSPS) is 18.3. The Hall–Kier alpha value is -3.58. The molecule has 2 atom stereocenters. The summed E-state index contributed by atoms with van der Waals surface area (Å²) in [4.78, 5) is 52.9. The minimum Gasteiger partial charge on any atom is -0.462 e. The van der Waals surface area contributed by atoms with Crippen LogP contribution in [-0.2, 0) is 14.3 Å². The third-order valence-corrected chi connectivity index (χ3v) is 6.03. The van der Waals surface area contributed by atoms with Crippen LogP contribution in [0.15, 0.2) is 72.1 Å². The summed E-state index contributed by atoms with van der Waals surface area (Å²) in [6.45, 7) is 1.97. The van der Waals surface area contributed by atoms with Crippen LogP contribution in [0.1, 0.15) is 38.6 Å². The Morgan fingerprint density at radius 3 is 2.29 bits per heavy atom. The molecule has 1 aliphatic rings. The number of anilines is 1. The van der Waals surface area contributed by atoms with Gasteiger partial charge in [-0.3, -0.25) is 19.3 Å². The highest BCUT2D eigenvalue weighted by molar-refractivity contribution is 7.12. The van der Waals surface area contributed by atoms with Crippen LogP contribution in [0.25, 0.3) is 0 Å². The zero-order valence-electron chi connectivity index (χ0n) is 16.7. The van der Waals surface area contributed by atoms with Gasteiger partial charge in [-0.05, 0) is 48.2 Å². The van der Waals surface area contributed by atoms with Crippen molar-refractivity contribution in [3.8, 4) is 0 Å². The van der Waals surface area contributed by atoms with Crippen LogP contribution >= 0.6 is 11.3 Å². The summed E-state index contributed by atoms with van der Waals surface area (Å²) in [6, 6.07) is 17.9. The van der Waals surface area contributed by atoms with Gasteiger partial charge in [-0.1, -0.05) is 36.4 Å². The molecule has 4 rings (SSSR count). The van der Waals surface area contributed by atoms with Gasteiger partial charge in [0.2, 0.25) is 5.78 Å². The van der Waals surface area contributed by atoms with Gasteiger partial charge in [0.25, 0.3) is 5.91 Å². The highest BCUT2D eigenvalue weighted by Gasteiger charge is 2.52. The van der Waals surface area contributed by atoms with E-state index in [4.69, 9.17) is 4.74 Å². The number of hydrogen-bond acceptors (Lipinski definition) is 6. The van der Waals surface area contributed by atoms with Crippen molar-refractivity contribution in [2.24, 2.45) is 5.92 Å². The van der Waals surface area contributed by atoms with Gasteiger partial charge in [-0.15, -0.1) is 11.3 Å². The lowest BCUT2D eigenvalue weighted by Crippen LogP contribution is -2.30. The third kappa shape index (κ3) is 3.80. The Bertz CT molecular complexity index is 1120. The van der Waals surface area contributed by atoms with E-state index in [0.717, 1.165) is 0 Å². The van der Waals surface area contributed by atoms with Crippen molar-refractivity contribution in [2.45, 2.75) is 13.0 Å². The minimum absolute atomic E-state index is 0.252. The molecule has 1 fully saturated rings. The first-order chi connectivity index (χ1) is 15.0. The van der Waals surface area contributed by atoms with E-state index in [1.165, 1.54) is 16.2 Å². The minimum atomic E-state index is -1.14. The molecule has 0 radical (unpaired) electrons. The van der Waals surface area contributed by atoms with Crippen molar-refractivity contribution >= 4 is 40.5 Å². The van der Waals surface area contributed by atoms with Crippen LogP contribution < -0.4 is 4.90 Å². The zero-order valence-corrected chi connectivity index (χ0v) is 17.5. The maximum absolute atomic E-state index is 13.2. The fraction of sp³-hybridized carbons (Fsp3) is 0.167. The van der Waals surface area contributed by atoms with E-state index >= 15 is 0 Å². The quantitative estimate of drug-likeness (QED) is 0.253. The van der Waals surface area contributed by atoms with E-state index in [1.54, 1.807) is 73.0 Å². The Morgan fingerprint density at radius 1 is 0.968 bits per heavy atom. The number of esters is 1. The van der Waals surface area contributed by atoms with E-state index < -0.39 is 29.6 Å². The molecule has 3 aromatic rings. The summed E-state index contributed by atoms with van der Waals surface area (Å²) in [5.41, 5.74) is 1.46. The standard InChI is InChI=1S/C24H19NO5S/c1-2-30-24(29)16-10-12-17(13-11-16)25-20(15-7-4-3-5-8-15)19(22(27)23(25)28)21(26)18-9-6-14-31-18/h3-14,19-20H,2H2,1H3. The molecule has 0 spiro atoms. The van der Waals surface area contributed by atoms with Crippen molar-refractivity contribution in [1.29, 1.82) is 0 Å². The van der Waals surface area contributed by atoms with Gasteiger partial charge in [0.15, 0.2) is 5.78 Å². The monoisotopic (exact) mass is 433 g/mol. The van der Waals surface area contributed by atoms with E-state index in [1.807, 2.05) is 6.07 Å². The first kappa shape index (κ1) is 20.7. The number of Topliss-reactive ketones (excluding diaryl/α,β-unsaturated/α-hetero) is 2. The second-order valence-electron chi connectivity index (χ2n) is 6.98. The van der Waals surface area contributed by atoms with Gasteiger partial charge in [-0.25, -0.2) is 4.79 Å². The highest BCUT2D eigenvalue weighted by Crippen LogP contribution is 2.41. The predicted octanol–water partition coefficient (Wildman–Crippen LogP) is 4.08. The second-order valence-corrected chi connectivity index (χ2v) is 7.93. The number of ether oxygens (including phenoxy) is 1. The Morgan fingerprint density at radius 2 is 1.68 bits per heavy atom. The lowest BCUT2D eigenvalue weighted by Gasteiger charge is -2.27. The van der Waals surface area contributed by atoms with Crippen molar-refractivity contribution < 1.29 is 23.9 Å². The fourth-order valence-corrected chi connectivity index (χ4v) is 4.45. The van der Waals surface area contributed by atoms with Crippen LogP contribution in [0.5, 0.6) is 0 Å². The largest absolute Gasteiger partial charge is 0.462 e. The predicted molar refractivity (Wildman–Crippen MR) is 116 cm³/mol. The number of thiophene rings is 1.